The van der Waals surface area contributed by atoms with Crippen LogP contribution in [0.15, 0.2) is 0 Å². The smallest absolute Gasteiger partial charge is 0.110 e. The molecule has 1 atom stereocenters. The summed E-state index contributed by atoms with van der Waals surface area (Å²) in [5, 5.41) is 4.99. The van der Waals surface area contributed by atoms with Gasteiger partial charge in [-0.25, -0.2) is 4.98 Å². The van der Waals surface area contributed by atoms with Crippen molar-refractivity contribution >= 4 is 11.3 Å². The van der Waals surface area contributed by atoms with Gasteiger partial charge < -0.3 is 10.1 Å². The van der Waals surface area contributed by atoms with E-state index in [9.17, 15) is 0 Å². The second kappa shape index (κ2) is 8.11. The van der Waals surface area contributed by atoms with E-state index in [0.717, 1.165) is 25.5 Å². The third-order valence-electron chi connectivity index (χ3n) is 4.30. The maximum atomic E-state index is 5.19. The molecule has 0 aliphatic heterocycles. The highest BCUT2D eigenvalue weighted by molar-refractivity contribution is 7.11. The van der Waals surface area contributed by atoms with Gasteiger partial charge in [0, 0.05) is 18.5 Å². The summed E-state index contributed by atoms with van der Waals surface area (Å²) in [7, 11) is 1.76. The monoisotopic (exact) mass is 296 g/mol. The molecule has 1 saturated carbocycles. The molecule has 1 unspecified atom stereocenters. The molecule has 1 fully saturated rings. The van der Waals surface area contributed by atoms with Crippen molar-refractivity contribution in [2.45, 2.75) is 58.4 Å². The summed E-state index contributed by atoms with van der Waals surface area (Å²) >= 11 is 1.88. The van der Waals surface area contributed by atoms with Crippen LogP contribution in [0.4, 0.5) is 0 Å². The zero-order valence-electron chi connectivity index (χ0n) is 13.1. The number of rotatable bonds is 7. The molecule has 3 nitrogen and oxygen atoms in total. The quantitative estimate of drug-likeness (QED) is 0.776. The first-order chi connectivity index (χ1) is 9.76. The Morgan fingerprint density at radius 1 is 1.35 bits per heavy atom. The summed E-state index contributed by atoms with van der Waals surface area (Å²) in [6.07, 6.45) is 7.86. The zero-order valence-corrected chi connectivity index (χ0v) is 13.9. The predicted molar refractivity (Wildman–Crippen MR) is 85.4 cm³/mol. The molecule has 1 N–H and O–H groups in total. The third-order valence-corrected chi connectivity index (χ3v) is 5.40. The standard InChI is InChI=1S/C16H28N2OS/c1-4-14-12(2)20-16(18-14)15(17-10-11-19-3)13-8-6-5-7-9-13/h13,15,17H,4-11H2,1-3H3. The lowest BCUT2D eigenvalue weighted by molar-refractivity contribution is 0.184. The lowest BCUT2D eigenvalue weighted by Crippen LogP contribution is -2.32. The van der Waals surface area contributed by atoms with Gasteiger partial charge in [0.1, 0.15) is 5.01 Å². The topological polar surface area (TPSA) is 34.2 Å². The lowest BCUT2D eigenvalue weighted by Gasteiger charge is -2.29. The Hall–Kier alpha value is -0.450. The molecule has 0 bridgehead atoms. The van der Waals surface area contributed by atoms with E-state index in [2.05, 4.69) is 19.2 Å². The number of aryl methyl sites for hydroxylation is 2. The number of nitrogens with zero attached hydrogens (tertiary/aromatic N) is 1. The molecule has 4 heteroatoms. The van der Waals surface area contributed by atoms with Gasteiger partial charge in [0.05, 0.1) is 18.3 Å². The Balaban J connectivity index is 2.10. The molecule has 0 saturated heterocycles. The van der Waals surface area contributed by atoms with Gasteiger partial charge >= 0.3 is 0 Å². The second-order valence-electron chi connectivity index (χ2n) is 5.73. The summed E-state index contributed by atoms with van der Waals surface area (Å²) < 4.78 is 5.19. The van der Waals surface area contributed by atoms with Crippen molar-refractivity contribution in [3.05, 3.63) is 15.6 Å². The summed E-state index contributed by atoms with van der Waals surface area (Å²) in [5.41, 5.74) is 1.28. The van der Waals surface area contributed by atoms with E-state index in [4.69, 9.17) is 9.72 Å². The van der Waals surface area contributed by atoms with E-state index in [-0.39, 0.29) is 0 Å². The first-order valence-corrected chi connectivity index (χ1v) is 8.76. The van der Waals surface area contributed by atoms with Crippen LogP contribution in [-0.4, -0.2) is 25.2 Å². The van der Waals surface area contributed by atoms with Crippen LogP contribution >= 0.6 is 11.3 Å². The number of ether oxygens (including phenoxy) is 1. The average Bonchev–Trinajstić information content (AvgIpc) is 2.85. The summed E-state index contributed by atoms with van der Waals surface area (Å²) in [6, 6.07) is 0.425. The third kappa shape index (κ3) is 4.03. The molecule has 1 aliphatic carbocycles. The average molecular weight is 296 g/mol. The summed E-state index contributed by atoms with van der Waals surface area (Å²) in [4.78, 5) is 6.28. The summed E-state index contributed by atoms with van der Waals surface area (Å²) in [6.45, 7) is 6.08. The zero-order chi connectivity index (χ0) is 14.4. The van der Waals surface area contributed by atoms with E-state index in [1.807, 2.05) is 11.3 Å². The van der Waals surface area contributed by atoms with E-state index >= 15 is 0 Å². The Morgan fingerprint density at radius 3 is 2.70 bits per heavy atom. The van der Waals surface area contributed by atoms with Crippen LogP contribution in [0.25, 0.3) is 0 Å². The first kappa shape index (κ1) is 15.9. The fourth-order valence-electron chi connectivity index (χ4n) is 3.15. The Kier molecular flexibility index (Phi) is 6.46. The van der Waals surface area contributed by atoms with Gasteiger partial charge in [0.2, 0.25) is 0 Å². The van der Waals surface area contributed by atoms with Gasteiger partial charge in [-0.05, 0) is 32.1 Å². The predicted octanol–water partition coefficient (Wildman–Crippen LogP) is 3.87. The number of nitrogens with one attached hydrogen (secondary N) is 1. The fraction of sp³-hybridized carbons (Fsp3) is 0.812. The number of hydrogen-bond donors (Lipinski definition) is 1. The van der Waals surface area contributed by atoms with Crippen LogP contribution in [-0.2, 0) is 11.2 Å². The van der Waals surface area contributed by atoms with Gasteiger partial charge in [0.15, 0.2) is 0 Å². The van der Waals surface area contributed by atoms with Crippen molar-refractivity contribution in [2.24, 2.45) is 5.92 Å². The Labute approximate surface area is 127 Å². The normalized spacial score (nSPS) is 18.4. The van der Waals surface area contributed by atoms with Crippen LogP contribution in [0.5, 0.6) is 0 Å². The van der Waals surface area contributed by atoms with E-state index < -0.39 is 0 Å². The number of hydrogen-bond acceptors (Lipinski definition) is 4. The van der Waals surface area contributed by atoms with Crippen molar-refractivity contribution in [1.29, 1.82) is 0 Å². The molecule has 1 heterocycles. The molecule has 0 amide bonds. The SMILES string of the molecule is CCc1nc(C(NCCOC)C2CCCCC2)sc1C. The fourth-order valence-corrected chi connectivity index (χ4v) is 4.33. The lowest BCUT2D eigenvalue weighted by atomic mass is 9.84. The Morgan fingerprint density at radius 2 is 2.10 bits per heavy atom. The Bertz CT molecular complexity index is 399. The van der Waals surface area contributed by atoms with Crippen LogP contribution in [0, 0.1) is 12.8 Å². The highest BCUT2D eigenvalue weighted by atomic mass is 32.1. The molecule has 1 aromatic rings. The first-order valence-electron chi connectivity index (χ1n) is 7.94. The highest BCUT2D eigenvalue weighted by Gasteiger charge is 2.27. The molecular formula is C16H28N2OS. The van der Waals surface area contributed by atoms with Crippen LogP contribution in [0.1, 0.15) is 60.6 Å². The van der Waals surface area contributed by atoms with Crippen molar-refractivity contribution < 1.29 is 4.74 Å². The van der Waals surface area contributed by atoms with E-state index in [0.29, 0.717) is 6.04 Å². The summed E-state index contributed by atoms with van der Waals surface area (Å²) in [5.74, 6) is 0.746. The number of aromatic nitrogens is 1. The molecule has 20 heavy (non-hydrogen) atoms. The molecule has 1 aromatic heterocycles. The van der Waals surface area contributed by atoms with Crippen LogP contribution in [0.3, 0.4) is 0 Å². The van der Waals surface area contributed by atoms with Crippen molar-refractivity contribution in [3.8, 4) is 0 Å². The molecule has 0 radical (unpaired) electrons. The van der Waals surface area contributed by atoms with Gasteiger partial charge in [0.25, 0.3) is 0 Å². The van der Waals surface area contributed by atoms with E-state index in [1.165, 1.54) is 47.7 Å². The minimum atomic E-state index is 0.425. The maximum Gasteiger partial charge on any atom is 0.110 e. The molecule has 0 spiro atoms. The minimum absolute atomic E-state index is 0.425. The molecule has 1 aliphatic rings. The van der Waals surface area contributed by atoms with Crippen LogP contribution in [0.2, 0.25) is 0 Å². The largest absolute Gasteiger partial charge is 0.383 e. The highest BCUT2D eigenvalue weighted by Crippen LogP contribution is 2.36. The maximum absolute atomic E-state index is 5.19. The van der Waals surface area contributed by atoms with Gasteiger partial charge in [-0.15, -0.1) is 11.3 Å². The van der Waals surface area contributed by atoms with Gasteiger partial charge in [-0.1, -0.05) is 26.2 Å². The second-order valence-corrected chi connectivity index (χ2v) is 6.97. The molecule has 114 valence electrons. The van der Waals surface area contributed by atoms with Crippen LogP contribution < -0.4 is 5.32 Å². The van der Waals surface area contributed by atoms with Gasteiger partial charge in [-0.3, -0.25) is 0 Å². The van der Waals surface area contributed by atoms with Crippen molar-refractivity contribution in [2.75, 3.05) is 20.3 Å². The van der Waals surface area contributed by atoms with E-state index in [1.54, 1.807) is 7.11 Å². The van der Waals surface area contributed by atoms with Crippen molar-refractivity contribution in [1.82, 2.24) is 10.3 Å². The molecule has 2 rings (SSSR count). The van der Waals surface area contributed by atoms with Gasteiger partial charge in [-0.2, -0.15) is 0 Å². The van der Waals surface area contributed by atoms with Crippen molar-refractivity contribution in [3.63, 3.8) is 0 Å². The number of methoxy groups -OCH3 is 1. The number of thiazole rings is 1. The molecule has 0 aromatic carbocycles. The molecular weight excluding hydrogens is 268 g/mol. The minimum Gasteiger partial charge on any atom is -0.383 e.